The molecule has 3 aromatic carbocycles. The quantitative estimate of drug-likeness (QED) is 0.337. The van der Waals surface area contributed by atoms with Gasteiger partial charge < -0.3 is 28.4 Å². The lowest BCUT2D eigenvalue weighted by atomic mass is 9.66. The van der Waals surface area contributed by atoms with Crippen molar-refractivity contribution >= 4 is 0 Å². The summed E-state index contributed by atoms with van der Waals surface area (Å²) in [6.45, 7) is 0. The Bertz CT molecular complexity index is 1170. The Balaban J connectivity index is 1.79. The first kappa shape index (κ1) is 25.5. The minimum absolute atomic E-state index is 0.193. The first-order valence-corrected chi connectivity index (χ1v) is 12.2. The molecule has 0 amide bonds. The van der Waals surface area contributed by atoms with Gasteiger partial charge in [0.25, 0.3) is 0 Å². The van der Waals surface area contributed by atoms with E-state index in [0.29, 0.717) is 5.92 Å². The zero-order chi connectivity index (χ0) is 25.7. The SMILES string of the molecule is COc1ccc(C2CCC(c3ccc(OC)cc3OC)C(c3ccc(OC)cc3OC)C2)c(OC)c1. The molecule has 192 valence electrons. The highest BCUT2D eigenvalue weighted by Gasteiger charge is 2.37. The normalized spacial score (nSPS) is 19.3. The van der Waals surface area contributed by atoms with Crippen molar-refractivity contribution in [3.05, 3.63) is 71.3 Å². The second-order valence-corrected chi connectivity index (χ2v) is 9.05. The largest absolute Gasteiger partial charge is 0.497 e. The maximum atomic E-state index is 5.86. The molecule has 1 aliphatic carbocycles. The minimum atomic E-state index is 0.193. The van der Waals surface area contributed by atoms with Crippen LogP contribution >= 0.6 is 0 Å². The molecule has 3 unspecified atom stereocenters. The van der Waals surface area contributed by atoms with Gasteiger partial charge in [-0.15, -0.1) is 0 Å². The van der Waals surface area contributed by atoms with Crippen molar-refractivity contribution in [3.63, 3.8) is 0 Å². The second kappa shape index (κ2) is 11.5. The highest BCUT2D eigenvalue weighted by molar-refractivity contribution is 5.50. The molecule has 0 bridgehead atoms. The highest BCUT2D eigenvalue weighted by atomic mass is 16.5. The standard InChI is InChI=1S/C30H36O6/c1-31-20-8-12-23(28(16-20)34-4)19-7-11-24(25-13-9-21(32-2)17-29(25)35-5)27(15-19)26-14-10-22(33-3)18-30(26)36-6/h8-10,12-14,16-19,24,27H,7,11,15H2,1-6H3. The Hall–Kier alpha value is -3.54. The zero-order valence-corrected chi connectivity index (χ0v) is 22.0. The van der Waals surface area contributed by atoms with Crippen LogP contribution in [0.2, 0.25) is 0 Å². The molecule has 3 atom stereocenters. The van der Waals surface area contributed by atoms with Crippen LogP contribution in [0.3, 0.4) is 0 Å². The summed E-state index contributed by atoms with van der Waals surface area (Å²) in [4.78, 5) is 0. The molecule has 0 heterocycles. The Morgan fingerprint density at radius 1 is 0.472 bits per heavy atom. The van der Waals surface area contributed by atoms with E-state index in [9.17, 15) is 0 Å². The van der Waals surface area contributed by atoms with Gasteiger partial charge in [0.1, 0.15) is 34.5 Å². The molecule has 6 heteroatoms. The van der Waals surface area contributed by atoms with Crippen LogP contribution in [0.5, 0.6) is 34.5 Å². The first-order valence-electron chi connectivity index (χ1n) is 12.2. The van der Waals surface area contributed by atoms with Crippen molar-refractivity contribution in [2.45, 2.75) is 37.0 Å². The van der Waals surface area contributed by atoms with Crippen LogP contribution in [-0.4, -0.2) is 42.7 Å². The summed E-state index contributed by atoms with van der Waals surface area (Å²) in [7, 11) is 10.2. The van der Waals surface area contributed by atoms with Crippen molar-refractivity contribution in [2.24, 2.45) is 0 Å². The van der Waals surface area contributed by atoms with E-state index in [0.717, 1.165) is 53.8 Å². The number of hydrogen-bond donors (Lipinski definition) is 0. The van der Waals surface area contributed by atoms with Crippen molar-refractivity contribution in [1.29, 1.82) is 0 Å². The number of ether oxygens (including phenoxy) is 6. The van der Waals surface area contributed by atoms with Gasteiger partial charge >= 0.3 is 0 Å². The van der Waals surface area contributed by atoms with Crippen molar-refractivity contribution in [1.82, 2.24) is 0 Å². The van der Waals surface area contributed by atoms with E-state index in [1.807, 2.05) is 36.4 Å². The lowest BCUT2D eigenvalue weighted by Crippen LogP contribution is -2.22. The molecule has 1 fully saturated rings. The average molecular weight is 493 g/mol. The Morgan fingerprint density at radius 3 is 1.33 bits per heavy atom. The Morgan fingerprint density at radius 2 is 0.889 bits per heavy atom. The second-order valence-electron chi connectivity index (χ2n) is 9.05. The third kappa shape index (κ3) is 5.03. The lowest BCUT2D eigenvalue weighted by molar-refractivity contribution is 0.314. The van der Waals surface area contributed by atoms with Crippen LogP contribution in [0.4, 0.5) is 0 Å². The van der Waals surface area contributed by atoms with E-state index in [1.165, 1.54) is 16.7 Å². The lowest BCUT2D eigenvalue weighted by Gasteiger charge is -2.38. The molecule has 0 radical (unpaired) electrons. The fraction of sp³-hybridized carbons (Fsp3) is 0.400. The number of benzene rings is 3. The Labute approximate surface area is 214 Å². The maximum absolute atomic E-state index is 5.86. The van der Waals surface area contributed by atoms with Gasteiger partial charge in [0.05, 0.1) is 42.7 Å². The summed E-state index contributed by atoms with van der Waals surface area (Å²) in [6, 6.07) is 18.4. The molecular weight excluding hydrogens is 456 g/mol. The van der Waals surface area contributed by atoms with Gasteiger partial charge in [-0.1, -0.05) is 18.2 Å². The predicted molar refractivity (Wildman–Crippen MR) is 141 cm³/mol. The van der Waals surface area contributed by atoms with Crippen molar-refractivity contribution in [3.8, 4) is 34.5 Å². The molecular formula is C30H36O6. The monoisotopic (exact) mass is 492 g/mol. The maximum Gasteiger partial charge on any atom is 0.126 e. The smallest absolute Gasteiger partial charge is 0.126 e. The van der Waals surface area contributed by atoms with E-state index < -0.39 is 0 Å². The van der Waals surface area contributed by atoms with Gasteiger partial charge in [-0.3, -0.25) is 0 Å². The van der Waals surface area contributed by atoms with Crippen LogP contribution in [0.1, 0.15) is 53.7 Å². The molecule has 0 saturated heterocycles. The molecule has 1 saturated carbocycles. The van der Waals surface area contributed by atoms with Gasteiger partial charge in [-0.25, -0.2) is 0 Å². The summed E-state index contributed by atoms with van der Waals surface area (Å²) in [5, 5.41) is 0. The highest BCUT2D eigenvalue weighted by Crippen LogP contribution is 2.54. The van der Waals surface area contributed by atoms with E-state index in [2.05, 4.69) is 18.2 Å². The Kier molecular flexibility index (Phi) is 8.14. The fourth-order valence-corrected chi connectivity index (χ4v) is 5.57. The molecule has 0 N–H and O–H groups in total. The molecule has 1 aliphatic rings. The molecule has 0 aliphatic heterocycles. The van der Waals surface area contributed by atoms with Crippen molar-refractivity contribution in [2.75, 3.05) is 42.7 Å². The third-order valence-electron chi connectivity index (χ3n) is 7.41. The molecule has 4 rings (SSSR count). The first-order chi connectivity index (χ1) is 17.6. The average Bonchev–Trinajstić information content (AvgIpc) is 2.95. The van der Waals surface area contributed by atoms with Gasteiger partial charge in [0, 0.05) is 18.2 Å². The topological polar surface area (TPSA) is 55.4 Å². The number of methoxy groups -OCH3 is 6. The summed E-state index contributed by atoms with van der Waals surface area (Å²) in [6.07, 6.45) is 2.95. The van der Waals surface area contributed by atoms with Gasteiger partial charge in [0.2, 0.25) is 0 Å². The van der Waals surface area contributed by atoms with Crippen LogP contribution in [0, 0.1) is 0 Å². The molecule has 0 aromatic heterocycles. The predicted octanol–water partition coefficient (Wildman–Crippen LogP) is 6.57. The van der Waals surface area contributed by atoms with Crippen LogP contribution in [-0.2, 0) is 0 Å². The molecule has 3 aromatic rings. The van der Waals surface area contributed by atoms with E-state index in [4.69, 9.17) is 28.4 Å². The van der Waals surface area contributed by atoms with E-state index in [-0.39, 0.29) is 11.8 Å². The summed E-state index contributed by atoms with van der Waals surface area (Å²) >= 11 is 0. The minimum Gasteiger partial charge on any atom is -0.497 e. The molecule has 6 nitrogen and oxygen atoms in total. The van der Waals surface area contributed by atoms with Crippen molar-refractivity contribution < 1.29 is 28.4 Å². The van der Waals surface area contributed by atoms with E-state index >= 15 is 0 Å². The van der Waals surface area contributed by atoms with Crippen LogP contribution in [0.25, 0.3) is 0 Å². The summed E-state index contributed by atoms with van der Waals surface area (Å²) < 4.78 is 33.8. The van der Waals surface area contributed by atoms with Gasteiger partial charge in [-0.2, -0.15) is 0 Å². The van der Waals surface area contributed by atoms with Gasteiger partial charge in [0.15, 0.2) is 0 Å². The summed E-state index contributed by atoms with van der Waals surface area (Å²) in [5.41, 5.74) is 3.55. The van der Waals surface area contributed by atoms with E-state index in [1.54, 1.807) is 42.7 Å². The third-order valence-corrected chi connectivity index (χ3v) is 7.41. The summed E-state index contributed by atoms with van der Waals surface area (Å²) in [5.74, 6) is 5.65. The van der Waals surface area contributed by atoms with Gasteiger partial charge in [-0.05, 0) is 71.9 Å². The number of rotatable bonds is 9. The molecule has 36 heavy (non-hydrogen) atoms. The van der Waals surface area contributed by atoms with Crippen LogP contribution < -0.4 is 28.4 Å². The fourth-order valence-electron chi connectivity index (χ4n) is 5.57. The van der Waals surface area contributed by atoms with Crippen LogP contribution in [0.15, 0.2) is 54.6 Å². The number of hydrogen-bond acceptors (Lipinski definition) is 6. The zero-order valence-electron chi connectivity index (χ0n) is 22.0. The molecule has 0 spiro atoms.